The zero-order valence-corrected chi connectivity index (χ0v) is 16.6. The van der Waals surface area contributed by atoms with Crippen LogP contribution in [-0.4, -0.2) is 47.0 Å². The highest BCUT2D eigenvalue weighted by atomic mass is 32.1. The van der Waals surface area contributed by atoms with Crippen molar-refractivity contribution in [2.45, 2.75) is 13.5 Å². The highest BCUT2D eigenvalue weighted by Crippen LogP contribution is 2.19. The van der Waals surface area contributed by atoms with Crippen molar-refractivity contribution in [3.05, 3.63) is 70.4 Å². The molecule has 0 spiro atoms. The van der Waals surface area contributed by atoms with Crippen LogP contribution in [0.4, 0.5) is 5.69 Å². The van der Waals surface area contributed by atoms with Crippen LogP contribution in [0.1, 0.15) is 21.1 Å². The van der Waals surface area contributed by atoms with Gasteiger partial charge in [-0.25, -0.2) is 4.98 Å². The molecule has 1 aliphatic rings. The Balaban J connectivity index is 1.31. The van der Waals surface area contributed by atoms with Crippen LogP contribution in [-0.2, 0) is 6.61 Å². The molecule has 6 nitrogen and oxygen atoms in total. The van der Waals surface area contributed by atoms with E-state index in [4.69, 9.17) is 4.74 Å². The number of benzene rings is 1. The summed E-state index contributed by atoms with van der Waals surface area (Å²) in [6.45, 7) is 5.49. The van der Waals surface area contributed by atoms with E-state index in [1.807, 2.05) is 53.6 Å². The number of rotatable bonds is 5. The number of nitrogens with zero attached hydrogens (tertiary/aromatic N) is 4. The molecular weight excluding hydrogens is 372 g/mol. The monoisotopic (exact) mass is 394 g/mol. The third-order valence-corrected chi connectivity index (χ3v) is 5.57. The fourth-order valence-corrected chi connectivity index (χ4v) is 3.83. The zero-order chi connectivity index (χ0) is 19.3. The molecule has 28 heavy (non-hydrogen) atoms. The van der Waals surface area contributed by atoms with E-state index in [1.165, 1.54) is 0 Å². The molecule has 1 aliphatic heterocycles. The maximum Gasteiger partial charge on any atom is 0.253 e. The van der Waals surface area contributed by atoms with E-state index in [1.54, 1.807) is 23.7 Å². The number of carbonyl (C=O) groups excluding carboxylic acids is 1. The molecule has 4 rings (SSSR count). The number of piperazine rings is 1. The van der Waals surface area contributed by atoms with Crippen molar-refractivity contribution < 1.29 is 9.53 Å². The minimum absolute atomic E-state index is 0.0658. The van der Waals surface area contributed by atoms with Crippen molar-refractivity contribution >= 4 is 22.9 Å². The molecule has 0 bridgehead atoms. The van der Waals surface area contributed by atoms with E-state index in [0.29, 0.717) is 25.3 Å². The molecule has 0 saturated carbocycles. The van der Waals surface area contributed by atoms with E-state index < -0.39 is 0 Å². The Bertz CT molecular complexity index is 919. The first kappa shape index (κ1) is 18.4. The van der Waals surface area contributed by atoms with Crippen LogP contribution in [0.3, 0.4) is 0 Å². The average molecular weight is 395 g/mol. The van der Waals surface area contributed by atoms with Crippen molar-refractivity contribution in [3.8, 4) is 5.75 Å². The molecule has 3 aromatic rings. The predicted octanol–water partition coefficient (Wildman–Crippen LogP) is 3.39. The molecule has 0 N–H and O–H groups in total. The Kier molecular flexibility index (Phi) is 5.53. The number of hydrogen-bond donors (Lipinski definition) is 0. The number of ether oxygens (including phenoxy) is 1. The molecule has 1 fully saturated rings. The molecule has 3 heterocycles. The van der Waals surface area contributed by atoms with Crippen LogP contribution in [0.25, 0.3) is 0 Å². The van der Waals surface area contributed by atoms with E-state index in [-0.39, 0.29) is 5.91 Å². The van der Waals surface area contributed by atoms with Crippen LogP contribution in [0.2, 0.25) is 0 Å². The molecule has 0 atom stereocenters. The van der Waals surface area contributed by atoms with E-state index in [9.17, 15) is 4.79 Å². The Hall–Kier alpha value is -2.93. The normalized spacial score (nSPS) is 14.2. The number of thiazole rings is 1. The van der Waals surface area contributed by atoms with Crippen molar-refractivity contribution in [1.29, 1.82) is 0 Å². The van der Waals surface area contributed by atoms with Crippen LogP contribution in [0.5, 0.6) is 5.75 Å². The minimum Gasteiger partial charge on any atom is -0.487 e. The molecule has 144 valence electrons. The SMILES string of the molecule is Cc1nc(COc2ccc(C(=O)N3CCN(c4ccncc4)CC3)cc2)cs1. The predicted molar refractivity (Wildman–Crippen MR) is 110 cm³/mol. The van der Waals surface area contributed by atoms with Gasteiger partial charge in [-0.2, -0.15) is 0 Å². The van der Waals surface area contributed by atoms with Gasteiger partial charge in [-0.3, -0.25) is 9.78 Å². The first-order valence-corrected chi connectivity index (χ1v) is 10.1. The summed E-state index contributed by atoms with van der Waals surface area (Å²) in [6.07, 6.45) is 3.60. The third kappa shape index (κ3) is 4.31. The lowest BCUT2D eigenvalue weighted by molar-refractivity contribution is 0.0746. The van der Waals surface area contributed by atoms with Gasteiger partial charge >= 0.3 is 0 Å². The number of carbonyl (C=O) groups is 1. The Labute approximate surface area is 168 Å². The highest BCUT2D eigenvalue weighted by molar-refractivity contribution is 7.09. The first-order valence-electron chi connectivity index (χ1n) is 9.27. The van der Waals surface area contributed by atoms with Crippen molar-refractivity contribution in [2.75, 3.05) is 31.1 Å². The lowest BCUT2D eigenvalue weighted by atomic mass is 10.1. The molecule has 0 aliphatic carbocycles. The Morgan fingerprint density at radius 3 is 2.43 bits per heavy atom. The summed E-state index contributed by atoms with van der Waals surface area (Å²) in [5.74, 6) is 0.806. The van der Waals surface area contributed by atoms with Gasteiger partial charge in [0.15, 0.2) is 0 Å². The molecule has 0 unspecified atom stereocenters. The van der Waals surface area contributed by atoms with Gasteiger partial charge in [0, 0.05) is 55.2 Å². The van der Waals surface area contributed by atoms with Crippen LogP contribution < -0.4 is 9.64 Å². The lowest BCUT2D eigenvalue weighted by Crippen LogP contribution is -2.48. The maximum atomic E-state index is 12.8. The Morgan fingerprint density at radius 2 is 1.79 bits per heavy atom. The highest BCUT2D eigenvalue weighted by Gasteiger charge is 2.22. The second kappa shape index (κ2) is 8.39. The number of pyridine rings is 1. The summed E-state index contributed by atoms with van der Waals surface area (Å²) in [7, 11) is 0. The number of hydrogen-bond acceptors (Lipinski definition) is 6. The van der Waals surface area contributed by atoms with Crippen LogP contribution >= 0.6 is 11.3 Å². The second-order valence-corrected chi connectivity index (χ2v) is 7.72. The summed E-state index contributed by atoms with van der Waals surface area (Å²) in [4.78, 5) is 25.4. The summed E-state index contributed by atoms with van der Waals surface area (Å²) in [5.41, 5.74) is 2.77. The number of amides is 1. The summed E-state index contributed by atoms with van der Waals surface area (Å²) >= 11 is 1.61. The van der Waals surface area contributed by atoms with Gasteiger partial charge in [0.25, 0.3) is 5.91 Å². The molecule has 7 heteroatoms. The van der Waals surface area contributed by atoms with Gasteiger partial charge in [0.1, 0.15) is 12.4 Å². The van der Waals surface area contributed by atoms with Crippen molar-refractivity contribution in [2.24, 2.45) is 0 Å². The third-order valence-electron chi connectivity index (χ3n) is 4.75. The molecular formula is C21H22N4O2S. The number of aryl methyl sites for hydroxylation is 1. The summed E-state index contributed by atoms with van der Waals surface area (Å²) < 4.78 is 5.76. The minimum atomic E-state index is 0.0658. The largest absolute Gasteiger partial charge is 0.487 e. The smallest absolute Gasteiger partial charge is 0.253 e. The standard InChI is InChI=1S/C21H22N4O2S/c1-16-23-18(15-28-16)14-27-20-4-2-17(3-5-20)21(26)25-12-10-24(11-13-25)19-6-8-22-9-7-19/h2-9,15H,10-14H2,1H3. The Morgan fingerprint density at radius 1 is 1.07 bits per heavy atom. The first-order chi connectivity index (χ1) is 13.7. The van der Waals surface area contributed by atoms with Crippen LogP contribution in [0, 0.1) is 6.92 Å². The maximum absolute atomic E-state index is 12.8. The van der Waals surface area contributed by atoms with Crippen LogP contribution in [0.15, 0.2) is 54.2 Å². The van der Waals surface area contributed by atoms with Gasteiger partial charge in [-0.05, 0) is 43.3 Å². The fourth-order valence-electron chi connectivity index (χ4n) is 3.23. The van der Waals surface area contributed by atoms with Gasteiger partial charge in [0.05, 0.1) is 10.7 Å². The lowest BCUT2D eigenvalue weighted by Gasteiger charge is -2.36. The average Bonchev–Trinajstić information content (AvgIpc) is 3.18. The number of anilines is 1. The number of aromatic nitrogens is 2. The second-order valence-electron chi connectivity index (χ2n) is 6.66. The van der Waals surface area contributed by atoms with Gasteiger partial charge in [0.2, 0.25) is 0 Å². The van der Waals surface area contributed by atoms with E-state index in [0.717, 1.165) is 35.2 Å². The molecule has 0 radical (unpaired) electrons. The molecule has 2 aromatic heterocycles. The van der Waals surface area contributed by atoms with Crippen molar-refractivity contribution in [1.82, 2.24) is 14.9 Å². The fraction of sp³-hybridized carbons (Fsp3) is 0.286. The topological polar surface area (TPSA) is 58.6 Å². The molecule has 1 saturated heterocycles. The molecule has 1 aromatic carbocycles. The van der Waals surface area contributed by atoms with Crippen molar-refractivity contribution in [3.63, 3.8) is 0 Å². The van der Waals surface area contributed by atoms with Gasteiger partial charge < -0.3 is 14.5 Å². The van der Waals surface area contributed by atoms with Gasteiger partial charge in [-0.15, -0.1) is 11.3 Å². The summed E-state index contributed by atoms with van der Waals surface area (Å²) in [6, 6.07) is 11.4. The molecule has 1 amide bonds. The van der Waals surface area contributed by atoms with E-state index >= 15 is 0 Å². The summed E-state index contributed by atoms with van der Waals surface area (Å²) in [5, 5.41) is 3.03. The quantitative estimate of drug-likeness (QED) is 0.664. The van der Waals surface area contributed by atoms with E-state index in [2.05, 4.69) is 14.9 Å². The zero-order valence-electron chi connectivity index (χ0n) is 15.7. The van der Waals surface area contributed by atoms with Gasteiger partial charge in [-0.1, -0.05) is 0 Å².